The molecule has 0 radical (unpaired) electrons. The number of carbonyl (C=O) groups excluding carboxylic acids is 1. The summed E-state index contributed by atoms with van der Waals surface area (Å²) in [5.41, 5.74) is 2.06. The highest BCUT2D eigenvalue weighted by molar-refractivity contribution is 8.00. The summed E-state index contributed by atoms with van der Waals surface area (Å²) >= 11 is 1.30. The first-order valence-corrected chi connectivity index (χ1v) is 9.07. The van der Waals surface area contributed by atoms with Crippen LogP contribution in [0.3, 0.4) is 0 Å². The monoisotopic (exact) mass is 347 g/mol. The summed E-state index contributed by atoms with van der Waals surface area (Å²) < 4.78 is 5.70. The fourth-order valence-corrected chi connectivity index (χ4v) is 3.33. The number of nitrogens with zero attached hydrogens (tertiary/aromatic N) is 3. The third-order valence-corrected chi connectivity index (χ3v) is 4.62. The summed E-state index contributed by atoms with van der Waals surface area (Å²) in [6.07, 6.45) is 0. The van der Waals surface area contributed by atoms with Gasteiger partial charge < -0.3 is 9.32 Å². The molecule has 1 aromatic carbocycles. The molecule has 0 bridgehead atoms. The van der Waals surface area contributed by atoms with Crippen molar-refractivity contribution in [1.82, 2.24) is 15.1 Å². The van der Waals surface area contributed by atoms with Crippen LogP contribution in [0.2, 0.25) is 0 Å². The van der Waals surface area contributed by atoms with Crippen molar-refractivity contribution in [2.45, 2.75) is 64.1 Å². The molecule has 1 amide bonds. The predicted molar refractivity (Wildman–Crippen MR) is 96.9 cm³/mol. The molecular weight excluding hydrogens is 322 g/mol. The van der Waals surface area contributed by atoms with Crippen LogP contribution in [-0.2, 0) is 4.79 Å². The Morgan fingerprint density at radius 1 is 1.04 bits per heavy atom. The highest BCUT2D eigenvalue weighted by Crippen LogP contribution is 2.27. The van der Waals surface area contributed by atoms with Gasteiger partial charge in [0.05, 0.1) is 5.25 Å². The normalized spacial score (nSPS) is 12.7. The lowest BCUT2D eigenvalue weighted by atomic mass is 10.1. The van der Waals surface area contributed by atoms with Crippen molar-refractivity contribution in [3.05, 3.63) is 29.8 Å². The highest BCUT2D eigenvalue weighted by atomic mass is 32.2. The second-order valence-corrected chi connectivity index (χ2v) is 7.72. The van der Waals surface area contributed by atoms with Gasteiger partial charge in [0.25, 0.3) is 5.22 Å². The van der Waals surface area contributed by atoms with Gasteiger partial charge in [-0.2, -0.15) is 0 Å². The lowest BCUT2D eigenvalue weighted by Crippen LogP contribution is -2.45. The molecule has 0 N–H and O–H groups in total. The molecule has 0 fully saturated rings. The van der Waals surface area contributed by atoms with E-state index < -0.39 is 0 Å². The van der Waals surface area contributed by atoms with E-state index in [4.69, 9.17) is 4.42 Å². The molecule has 2 rings (SSSR count). The molecular formula is C18H25N3O2S. The number of benzene rings is 1. The quantitative estimate of drug-likeness (QED) is 0.734. The van der Waals surface area contributed by atoms with Crippen LogP contribution < -0.4 is 0 Å². The lowest BCUT2D eigenvalue weighted by Gasteiger charge is -2.32. The van der Waals surface area contributed by atoms with Crippen molar-refractivity contribution in [1.29, 1.82) is 0 Å². The molecule has 6 heteroatoms. The molecule has 1 aromatic heterocycles. The number of thioether (sulfide) groups is 1. The van der Waals surface area contributed by atoms with E-state index in [1.165, 1.54) is 17.3 Å². The van der Waals surface area contributed by atoms with E-state index in [0.29, 0.717) is 11.1 Å². The largest absolute Gasteiger partial charge is 0.411 e. The van der Waals surface area contributed by atoms with Gasteiger partial charge in [0, 0.05) is 17.6 Å². The van der Waals surface area contributed by atoms with E-state index >= 15 is 0 Å². The van der Waals surface area contributed by atoms with E-state index in [1.54, 1.807) is 0 Å². The van der Waals surface area contributed by atoms with E-state index in [1.807, 2.05) is 70.7 Å². The topological polar surface area (TPSA) is 59.2 Å². The minimum Gasteiger partial charge on any atom is -0.411 e. The van der Waals surface area contributed by atoms with Crippen molar-refractivity contribution < 1.29 is 9.21 Å². The number of aryl methyl sites for hydroxylation is 1. The molecule has 2 aromatic rings. The molecule has 130 valence electrons. The second-order valence-electron chi connectivity index (χ2n) is 6.43. The molecule has 1 unspecified atom stereocenters. The molecule has 0 aliphatic rings. The Labute approximate surface area is 147 Å². The Hall–Kier alpha value is -1.82. The number of carbonyl (C=O) groups is 1. The van der Waals surface area contributed by atoms with Crippen molar-refractivity contribution in [2.24, 2.45) is 0 Å². The predicted octanol–water partition coefficient (Wildman–Crippen LogP) is 4.17. The molecule has 24 heavy (non-hydrogen) atoms. The fourth-order valence-electron chi connectivity index (χ4n) is 2.59. The highest BCUT2D eigenvalue weighted by Gasteiger charge is 2.27. The number of aromatic nitrogens is 2. The first-order valence-electron chi connectivity index (χ1n) is 8.19. The van der Waals surface area contributed by atoms with Crippen LogP contribution >= 0.6 is 11.8 Å². The van der Waals surface area contributed by atoms with Gasteiger partial charge in [0.2, 0.25) is 11.8 Å². The van der Waals surface area contributed by atoms with Crippen molar-refractivity contribution in [2.75, 3.05) is 0 Å². The summed E-state index contributed by atoms with van der Waals surface area (Å²) in [5.74, 6) is 0.557. The minimum absolute atomic E-state index is 0.0834. The Morgan fingerprint density at radius 3 is 2.17 bits per heavy atom. The Balaban J connectivity index is 2.08. The van der Waals surface area contributed by atoms with Gasteiger partial charge in [0.15, 0.2) is 0 Å². The second kappa shape index (κ2) is 7.83. The Morgan fingerprint density at radius 2 is 1.62 bits per heavy atom. The molecule has 0 saturated carbocycles. The van der Waals surface area contributed by atoms with Gasteiger partial charge >= 0.3 is 0 Å². The Bertz CT molecular complexity index is 672. The minimum atomic E-state index is -0.277. The molecule has 0 aliphatic carbocycles. The van der Waals surface area contributed by atoms with Crippen LogP contribution in [-0.4, -0.2) is 38.3 Å². The van der Waals surface area contributed by atoms with Crippen LogP contribution in [0.25, 0.3) is 11.5 Å². The van der Waals surface area contributed by atoms with Gasteiger partial charge in [-0.05, 0) is 53.7 Å². The third kappa shape index (κ3) is 4.38. The number of amides is 1. The van der Waals surface area contributed by atoms with Crippen LogP contribution in [0.15, 0.2) is 33.9 Å². The smallest absolute Gasteiger partial charge is 0.277 e. The average molecular weight is 347 g/mol. The van der Waals surface area contributed by atoms with Gasteiger partial charge in [-0.15, -0.1) is 10.2 Å². The molecule has 0 aliphatic heterocycles. The van der Waals surface area contributed by atoms with E-state index in [2.05, 4.69) is 10.2 Å². The molecule has 1 heterocycles. The molecule has 5 nitrogen and oxygen atoms in total. The van der Waals surface area contributed by atoms with Gasteiger partial charge in [-0.25, -0.2) is 0 Å². The zero-order valence-corrected chi connectivity index (χ0v) is 15.9. The number of hydrogen-bond acceptors (Lipinski definition) is 5. The maximum atomic E-state index is 12.7. The summed E-state index contributed by atoms with van der Waals surface area (Å²) in [7, 11) is 0. The maximum Gasteiger partial charge on any atom is 0.277 e. The van der Waals surface area contributed by atoms with Gasteiger partial charge in [-0.1, -0.05) is 29.5 Å². The number of hydrogen-bond donors (Lipinski definition) is 0. The maximum absolute atomic E-state index is 12.7. The van der Waals surface area contributed by atoms with Gasteiger partial charge in [-0.3, -0.25) is 4.79 Å². The molecule has 0 spiro atoms. The Kier molecular flexibility index (Phi) is 6.04. The van der Waals surface area contributed by atoms with Crippen molar-refractivity contribution in [3.63, 3.8) is 0 Å². The van der Waals surface area contributed by atoms with E-state index in [9.17, 15) is 4.79 Å². The number of rotatable bonds is 6. The lowest BCUT2D eigenvalue weighted by molar-refractivity contribution is -0.133. The van der Waals surface area contributed by atoms with Crippen molar-refractivity contribution in [3.8, 4) is 11.5 Å². The summed E-state index contributed by atoms with van der Waals surface area (Å²) in [6.45, 7) is 12.0. The van der Waals surface area contributed by atoms with Crippen LogP contribution in [0.5, 0.6) is 0 Å². The third-order valence-electron chi connectivity index (χ3n) is 3.70. The van der Waals surface area contributed by atoms with Crippen molar-refractivity contribution >= 4 is 17.7 Å². The summed E-state index contributed by atoms with van der Waals surface area (Å²) in [5, 5.41) is 8.28. The van der Waals surface area contributed by atoms with E-state index in [-0.39, 0.29) is 23.2 Å². The standard InChI is InChI=1S/C18H25N3O2S/c1-11(2)21(12(3)4)17(22)14(6)24-18-20-19-16(23-18)15-9-7-13(5)8-10-15/h7-12,14H,1-6H3. The summed E-state index contributed by atoms with van der Waals surface area (Å²) in [4.78, 5) is 14.5. The summed E-state index contributed by atoms with van der Waals surface area (Å²) in [6, 6.07) is 8.22. The zero-order chi connectivity index (χ0) is 17.9. The van der Waals surface area contributed by atoms with Gasteiger partial charge in [0.1, 0.15) is 0 Å². The van der Waals surface area contributed by atoms with Crippen LogP contribution in [0, 0.1) is 6.92 Å². The molecule has 0 saturated heterocycles. The van der Waals surface area contributed by atoms with Crippen LogP contribution in [0.1, 0.15) is 40.2 Å². The van der Waals surface area contributed by atoms with E-state index in [0.717, 1.165) is 5.56 Å². The fraction of sp³-hybridized carbons (Fsp3) is 0.500. The molecule has 1 atom stereocenters. The SMILES string of the molecule is Cc1ccc(-c2nnc(SC(C)C(=O)N(C(C)C)C(C)C)o2)cc1. The first-order chi connectivity index (χ1) is 11.3. The zero-order valence-electron chi connectivity index (χ0n) is 15.1. The first kappa shape index (κ1) is 18.5. The van der Waals surface area contributed by atoms with Crippen LogP contribution in [0.4, 0.5) is 0 Å². The average Bonchev–Trinajstić information content (AvgIpc) is 2.95.